The lowest BCUT2D eigenvalue weighted by Crippen LogP contribution is -2.34. The molecule has 0 aromatic heterocycles. The van der Waals surface area contributed by atoms with Crippen LogP contribution in [-0.4, -0.2) is 29.5 Å². The topological polar surface area (TPSA) is 97.1 Å². The Kier molecular flexibility index (Phi) is 3.57. The number of nitro groups is 1. The highest BCUT2D eigenvalue weighted by molar-refractivity contribution is 6.00. The van der Waals surface area contributed by atoms with Crippen LogP contribution in [0.3, 0.4) is 0 Å². The van der Waals surface area contributed by atoms with E-state index in [1.165, 1.54) is 17.1 Å². The van der Waals surface area contributed by atoms with Gasteiger partial charge in [0.25, 0.3) is 5.69 Å². The van der Waals surface area contributed by atoms with E-state index in [9.17, 15) is 10.1 Å². The molecule has 2 rings (SSSR count). The fourth-order valence-corrected chi connectivity index (χ4v) is 1.98. The van der Waals surface area contributed by atoms with Crippen molar-refractivity contribution in [2.75, 3.05) is 7.05 Å². The number of amidine groups is 1. The number of nitro benzene ring substituents is 1. The molecule has 19 heavy (non-hydrogen) atoms. The van der Waals surface area contributed by atoms with Crippen molar-refractivity contribution < 1.29 is 4.92 Å². The normalized spacial score (nSPS) is 15.2. The summed E-state index contributed by atoms with van der Waals surface area (Å²) in [5.74, 6) is 6.51. The van der Waals surface area contributed by atoms with Gasteiger partial charge in [0.1, 0.15) is 0 Å². The van der Waals surface area contributed by atoms with Gasteiger partial charge in [0, 0.05) is 31.5 Å². The summed E-state index contributed by atoms with van der Waals surface area (Å²) in [5, 5.41) is 19.5. The zero-order chi connectivity index (χ0) is 14.0. The fourth-order valence-electron chi connectivity index (χ4n) is 1.98. The quantitative estimate of drug-likeness (QED) is 0.293. The summed E-state index contributed by atoms with van der Waals surface area (Å²) in [5.41, 5.74) is 1.68. The van der Waals surface area contributed by atoms with Gasteiger partial charge in [-0.2, -0.15) is 5.10 Å². The van der Waals surface area contributed by atoms with Gasteiger partial charge >= 0.3 is 0 Å². The van der Waals surface area contributed by atoms with E-state index in [-0.39, 0.29) is 5.69 Å². The molecule has 0 aliphatic heterocycles. The van der Waals surface area contributed by atoms with Crippen LogP contribution in [0.5, 0.6) is 0 Å². The first-order valence-electron chi connectivity index (χ1n) is 5.85. The molecule has 1 aromatic carbocycles. The van der Waals surface area contributed by atoms with Crippen molar-refractivity contribution in [1.29, 1.82) is 0 Å². The van der Waals surface area contributed by atoms with Gasteiger partial charge in [-0.05, 0) is 24.3 Å². The summed E-state index contributed by atoms with van der Waals surface area (Å²) >= 11 is 0. The Morgan fingerprint density at radius 3 is 2.74 bits per heavy atom. The van der Waals surface area contributed by atoms with Crippen LogP contribution in [0, 0.1) is 10.1 Å². The zero-order valence-corrected chi connectivity index (χ0v) is 10.6. The minimum Gasteiger partial charge on any atom is -0.296 e. The minimum atomic E-state index is -0.435. The van der Waals surface area contributed by atoms with Gasteiger partial charge in [-0.3, -0.25) is 15.1 Å². The number of hydrogen-bond acceptors (Lipinski definition) is 5. The van der Waals surface area contributed by atoms with Gasteiger partial charge < -0.3 is 0 Å². The zero-order valence-electron chi connectivity index (χ0n) is 10.6. The summed E-state index contributed by atoms with van der Waals surface area (Å²) in [7, 11) is 1.61. The number of nitrogens with zero attached hydrogens (tertiary/aromatic N) is 4. The van der Waals surface area contributed by atoms with Gasteiger partial charge in [-0.25, -0.2) is 5.84 Å². The molecule has 0 atom stereocenters. The van der Waals surface area contributed by atoms with E-state index in [1.54, 1.807) is 13.1 Å². The van der Waals surface area contributed by atoms with Crippen molar-refractivity contribution in [3.63, 3.8) is 0 Å². The Bertz CT molecular complexity index is 549. The van der Waals surface area contributed by atoms with Crippen LogP contribution in [0.2, 0.25) is 0 Å². The molecule has 0 amide bonds. The molecule has 1 aliphatic rings. The van der Waals surface area contributed by atoms with E-state index in [1.807, 2.05) is 0 Å². The van der Waals surface area contributed by atoms with Crippen molar-refractivity contribution in [1.82, 2.24) is 5.01 Å². The van der Waals surface area contributed by atoms with Crippen molar-refractivity contribution in [3.8, 4) is 0 Å². The SMILES string of the molecule is C=N/N=C(/c1cc([N+](=O)[O-])ccc1C1CC1)N(C)N. The van der Waals surface area contributed by atoms with Crippen molar-refractivity contribution in [3.05, 3.63) is 39.4 Å². The third-order valence-electron chi connectivity index (χ3n) is 3.01. The highest BCUT2D eigenvalue weighted by atomic mass is 16.6. The second-order valence-electron chi connectivity index (χ2n) is 4.48. The first-order valence-corrected chi connectivity index (χ1v) is 5.85. The molecule has 100 valence electrons. The van der Waals surface area contributed by atoms with Crippen LogP contribution >= 0.6 is 0 Å². The average molecular weight is 261 g/mol. The molecule has 2 N–H and O–H groups in total. The molecule has 7 nitrogen and oxygen atoms in total. The summed E-state index contributed by atoms with van der Waals surface area (Å²) in [4.78, 5) is 10.5. The largest absolute Gasteiger partial charge is 0.296 e. The van der Waals surface area contributed by atoms with Gasteiger partial charge in [-0.15, -0.1) is 5.10 Å². The summed E-state index contributed by atoms with van der Waals surface area (Å²) in [6.45, 7) is 3.30. The van der Waals surface area contributed by atoms with E-state index in [0.29, 0.717) is 17.3 Å². The molecule has 1 saturated carbocycles. The number of rotatable bonds is 4. The Balaban J connectivity index is 2.56. The number of hydrogen-bond donors (Lipinski definition) is 1. The molecular formula is C12H15N5O2. The fraction of sp³-hybridized carbons (Fsp3) is 0.333. The molecular weight excluding hydrogens is 246 g/mol. The van der Waals surface area contributed by atoms with Crippen LogP contribution in [0.25, 0.3) is 0 Å². The van der Waals surface area contributed by atoms with Gasteiger partial charge in [0.2, 0.25) is 0 Å². The lowest BCUT2D eigenvalue weighted by Gasteiger charge is -2.17. The number of nitrogens with two attached hydrogens (primary N) is 1. The highest BCUT2D eigenvalue weighted by Gasteiger charge is 2.29. The third-order valence-corrected chi connectivity index (χ3v) is 3.01. The summed E-state index contributed by atoms with van der Waals surface area (Å²) < 4.78 is 0. The second-order valence-corrected chi connectivity index (χ2v) is 4.48. The van der Waals surface area contributed by atoms with E-state index in [4.69, 9.17) is 5.84 Å². The lowest BCUT2D eigenvalue weighted by atomic mass is 10.0. The van der Waals surface area contributed by atoms with Crippen molar-refractivity contribution >= 4 is 18.2 Å². The number of hydrazine groups is 1. The van der Waals surface area contributed by atoms with Crippen LogP contribution < -0.4 is 5.84 Å². The smallest absolute Gasteiger partial charge is 0.270 e. The van der Waals surface area contributed by atoms with E-state index >= 15 is 0 Å². The predicted molar refractivity (Wildman–Crippen MR) is 73.1 cm³/mol. The van der Waals surface area contributed by atoms with E-state index in [0.717, 1.165) is 18.4 Å². The molecule has 1 fully saturated rings. The molecule has 0 spiro atoms. The first kappa shape index (κ1) is 13.2. The standard InChI is InChI=1S/C12H15N5O2/c1-14-15-12(16(2)13)11-7-9(17(18)19)5-6-10(11)8-3-4-8/h5-8H,1,3-4,13H2,2H3/b15-12-. The Labute approximate surface area is 110 Å². The molecule has 0 bridgehead atoms. The Hall–Kier alpha value is -2.28. The molecule has 7 heteroatoms. The number of benzene rings is 1. The molecule has 0 heterocycles. The predicted octanol–water partition coefficient (Wildman–Crippen LogP) is 1.64. The summed E-state index contributed by atoms with van der Waals surface area (Å²) in [6, 6.07) is 4.76. The van der Waals surface area contributed by atoms with Gasteiger partial charge in [-0.1, -0.05) is 6.07 Å². The van der Waals surface area contributed by atoms with Crippen molar-refractivity contribution in [2.24, 2.45) is 16.0 Å². The average Bonchev–Trinajstić information content (AvgIpc) is 3.19. The van der Waals surface area contributed by atoms with E-state index < -0.39 is 4.92 Å². The maximum atomic E-state index is 10.9. The maximum absolute atomic E-state index is 10.9. The van der Waals surface area contributed by atoms with Gasteiger partial charge in [0.15, 0.2) is 5.84 Å². The summed E-state index contributed by atoms with van der Waals surface area (Å²) in [6.07, 6.45) is 2.15. The highest BCUT2D eigenvalue weighted by Crippen LogP contribution is 2.42. The Morgan fingerprint density at radius 1 is 1.58 bits per heavy atom. The minimum absolute atomic E-state index is 0.0120. The molecule has 0 radical (unpaired) electrons. The van der Waals surface area contributed by atoms with E-state index in [2.05, 4.69) is 16.9 Å². The second kappa shape index (κ2) is 5.15. The van der Waals surface area contributed by atoms with Crippen LogP contribution in [0.4, 0.5) is 5.69 Å². The lowest BCUT2D eigenvalue weighted by molar-refractivity contribution is -0.384. The molecule has 0 unspecified atom stereocenters. The van der Waals surface area contributed by atoms with Crippen LogP contribution in [0.15, 0.2) is 28.4 Å². The molecule has 1 aliphatic carbocycles. The number of non-ortho nitro benzene ring substituents is 1. The van der Waals surface area contributed by atoms with Gasteiger partial charge in [0.05, 0.1) is 4.92 Å². The van der Waals surface area contributed by atoms with Crippen LogP contribution in [-0.2, 0) is 0 Å². The first-order chi connectivity index (χ1) is 9.04. The third kappa shape index (κ3) is 2.76. The molecule has 0 saturated heterocycles. The maximum Gasteiger partial charge on any atom is 0.270 e. The Morgan fingerprint density at radius 2 is 2.26 bits per heavy atom. The molecule has 1 aromatic rings. The van der Waals surface area contributed by atoms with Crippen LogP contribution in [0.1, 0.15) is 29.9 Å². The monoisotopic (exact) mass is 261 g/mol. The van der Waals surface area contributed by atoms with Crippen molar-refractivity contribution in [2.45, 2.75) is 18.8 Å².